The molecule has 0 aliphatic heterocycles. The zero-order valence-corrected chi connectivity index (χ0v) is 17.0. The molecule has 1 aromatic heterocycles. The minimum atomic E-state index is -6.09. The molecule has 0 fully saturated rings. The van der Waals surface area contributed by atoms with Crippen LogP contribution in [0.25, 0.3) is 32.9 Å². The van der Waals surface area contributed by atoms with Gasteiger partial charge in [-0.25, -0.2) is 8.42 Å². The maximum Gasteiger partial charge on any atom is 0.485 e. The molecule has 3 aromatic carbocycles. The van der Waals surface area contributed by atoms with Gasteiger partial charge in [0.05, 0.1) is 10.8 Å². The summed E-state index contributed by atoms with van der Waals surface area (Å²) < 4.78 is 61.0. The fourth-order valence-electron chi connectivity index (χ4n) is 3.18. The van der Waals surface area contributed by atoms with Crippen molar-refractivity contribution in [2.75, 3.05) is 0 Å². The first-order valence-electron chi connectivity index (χ1n) is 9.01. The van der Waals surface area contributed by atoms with Gasteiger partial charge in [-0.1, -0.05) is 54.6 Å². The number of hydrogen-bond acceptors (Lipinski definition) is 3. The number of rotatable bonds is 1. The number of nitrogens with zero attached hydrogens (tertiary/aromatic N) is 1. The largest absolute Gasteiger partial charge is 0.741 e. The van der Waals surface area contributed by atoms with Crippen LogP contribution in [0.5, 0.6) is 0 Å². The van der Waals surface area contributed by atoms with E-state index in [1.54, 1.807) is 0 Å². The van der Waals surface area contributed by atoms with Crippen molar-refractivity contribution in [2.24, 2.45) is 0 Å². The lowest BCUT2D eigenvalue weighted by atomic mass is 9.96. The average molecular weight is 443 g/mol. The van der Waals surface area contributed by atoms with E-state index in [0.29, 0.717) is 0 Å². The number of aromatic nitrogens is 1. The molecule has 31 heavy (non-hydrogen) atoms. The number of pyridine rings is 1. The molecule has 1 heterocycles. The molecule has 0 amide bonds. The van der Waals surface area contributed by atoms with Crippen LogP contribution in [0.1, 0.15) is 6.92 Å². The van der Waals surface area contributed by atoms with Crippen LogP contribution in [0, 0.1) is 12.0 Å². The van der Waals surface area contributed by atoms with Gasteiger partial charge in [0, 0.05) is 24.6 Å². The van der Waals surface area contributed by atoms with E-state index >= 15 is 0 Å². The highest BCUT2D eigenvalue weighted by atomic mass is 32.2. The minimum Gasteiger partial charge on any atom is -0.741 e. The van der Waals surface area contributed by atoms with Gasteiger partial charge in [0.25, 0.3) is 0 Å². The summed E-state index contributed by atoms with van der Waals surface area (Å²) in [6, 6.07) is 30.8. The molecule has 0 aliphatic rings. The molecule has 0 bridgehead atoms. The Morgan fingerprint density at radius 1 is 0.806 bits per heavy atom. The number of para-hydroxylation sites is 2. The standard InChI is InChI=1S/C22H16N.CHF3O3S/c1-2-16-23-20-14-8-6-12-18(20)22(17-10-4-3-5-11-17)19-13-7-9-15-21(19)23;2-1(3,4)8(5,6)7/h3-15H,1H3;(H,5,6,7)/q+1;/p-1. The third kappa shape index (κ3) is 4.68. The molecule has 0 spiro atoms. The first-order valence-corrected chi connectivity index (χ1v) is 10.4. The molecule has 4 rings (SSSR count). The van der Waals surface area contributed by atoms with Gasteiger partial charge in [0.15, 0.2) is 10.1 Å². The zero-order valence-electron chi connectivity index (χ0n) is 16.2. The zero-order chi connectivity index (χ0) is 22.6. The Labute approximate surface area is 177 Å². The Morgan fingerprint density at radius 2 is 1.23 bits per heavy atom. The fourth-order valence-corrected chi connectivity index (χ4v) is 3.18. The van der Waals surface area contributed by atoms with Crippen molar-refractivity contribution < 1.29 is 30.7 Å². The first kappa shape index (κ1) is 22.3. The van der Waals surface area contributed by atoms with Crippen LogP contribution >= 0.6 is 0 Å². The van der Waals surface area contributed by atoms with E-state index in [2.05, 4.69) is 95.4 Å². The molecule has 0 N–H and O–H groups in total. The maximum absolute atomic E-state index is 10.7. The van der Waals surface area contributed by atoms with Crippen molar-refractivity contribution in [1.82, 2.24) is 0 Å². The van der Waals surface area contributed by atoms with E-state index in [9.17, 15) is 13.2 Å². The average Bonchev–Trinajstić information content (AvgIpc) is 2.73. The Hall–Kier alpha value is -3.41. The third-order valence-electron chi connectivity index (χ3n) is 4.40. The van der Waals surface area contributed by atoms with Gasteiger partial charge in [-0.15, -0.1) is 4.57 Å². The highest BCUT2D eigenvalue weighted by molar-refractivity contribution is 7.86. The second-order valence-electron chi connectivity index (χ2n) is 6.37. The highest BCUT2D eigenvalue weighted by Crippen LogP contribution is 2.33. The normalized spacial score (nSPS) is 11.4. The SMILES string of the molecule is CC#C[n+]1c2ccccc2c(-c2ccccc2)c2ccccc21.O=S(=O)([O-])C(F)(F)F. The molecule has 4 nitrogen and oxygen atoms in total. The van der Waals surface area contributed by atoms with Gasteiger partial charge in [0.1, 0.15) is 0 Å². The van der Waals surface area contributed by atoms with Gasteiger partial charge >= 0.3 is 5.51 Å². The van der Waals surface area contributed by atoms with Crippen molar-refractivity contribution in [2.45, 2.75) is 12.4 Å². The van der Waals surface area contributed by atoms with Gasteiger partial charge in [0.2, 0.25) is 17.1 Å². The number of fused-ring (bicyclic) bond motifs is 2. The first-order chi connectivity index (χ1) is 14.6. The number of alkyl halides is 3. The summed E-state index contributed by atoms with van der Waals surface area (Å²) in [4.78, 5) is 0. The summed E-state index contributed by atoms with van der Waals surface area (Å²) in [7, 11) is -6.09. The molecule has 0 unspecified atom stereocenters. The summed E-state index contributed by atoms with van der Waals surface area (Å²) >= 11 is 0. The highest BCUT2D eigenvalue weighted by Gasteiger charge is 2.36. The van der Waals surface area contributed by atoms with E-state index in [0.717, 1.165) is 11.0 Å². The van der Waals surface area contributed by atoms with Crippen LogP contribution in [-0.4, -0.2) is 18.5 Å². The lowest BCUT2D eigenvalue weighted by molar-refractivity contribution is -0.524. The summed E-state index contributed by atoms with van der Waals surface area (Å²) in [6.07, 6.45) is 0. The van der Waals surface area contributed by atoms with Crippen molar-refractivity contribution in [3.05, 3.63) is 78.9 Å². The molecule has 8 heteroatoms. The fraction of sp³-hybridized carbons (Fsp3) is 0.0870. The van der Waals surface area contributed by atoms with Crippen molar-refractivity contribution >= 4 is 31.9 Å². The lowest BCUT2D eigenvalue weighted by Crippen LogP contribution is -2.30. The summed E-state index contributed by atoms with van der Waals surface area (Å²) in [5.74, 6) is 3.04. The van der Waals surface area contributed by atoms with Crippen LogP contribution in [-0.2, 0) is 10.1 Å². The smallest absolute Gasteiger partial charge is 0.485 e. The molecule has 158 valence electrons. The van der Waals surface area contributed by atoms with Gasteiger partial charge in [-0.3, -0.25) is 0 Å². The topological polar surface area (TPSA) is 61.1 Å². The van der Waals surface area contributed by atoms with Gasteiger partial charge < -0.3 is 4.55 Å². The molecule has 0 radical (unpaired) electrons. The Kier molecular flexibility index (Phi) is 6.29. The monoisotopic (exact) mass is 443 g/mol. The van der Waals surface area contributed by atoms with Crippen LogP contribution < -0.4 is 4.57 Å². The van der Waals surface area contributed by atoms with Crippen LogP contribution in [0.15, 0.2) is 78.9 Å². The van der Waals surface area contributed by atoms with E-state index in [4.69, 9.17) is 13.0 Å². The molecule has 0 saturated heterocycles. The quantitative estimate of drug-likeness (QED) is 0.139. The van der Waals surface area contributed by atoms with E-state index < -0.39 is 15.6 Å². The summed E-state index contributed by atoms with van der Waals surface area (Å²) in [6.45, 7) is 1.88. The second-order valence-corrected chi connectivity index (χ2v) is 7.74. The van der Waals surface area contributed by atoms with E-state index in [-0.39, 0.29) is 0 Å². The predicted octanol–water partition coefficient (Wildman–Crippen LogP) is 4.83. The number of hydrogen-bond donors (Lipinski definition) is 0. The van der Waals surface area contributed by atoms with E-state index in [1.165, 1.54) is 21.9 Å². The van der Waals surface area contributed by atoms with Gasteiger partial charge in [-0.05, 0) is 23.6 Å². The molecule has 0 saturated carbocycles. The minimum absolute atomic E-state index is 1.14. The lowest BCUT2D eigenvalue weighted by Gasteiger charge is -2.09. The molecule has 0 aliphatic carbocycles. The second kappa shape index (κ2) is 8.76. The molecular formula is C23H16F3NO3S. The Balaban J connectivity index is 0.000000293. The number of benzene rings is 3. The van der Waals surface area contributed by atoms with Gasteiger partial charge in [-0.2, -0.15) is 13.2 Å². The van der Waals surface area contributed by atoms with Crippen molar-refractivity contribution in [1.29, 1.82) is 0 Å². The maximum atomic E-state index is 10.7. The summed E-state index contributed by atoms with van der Waals surface area (Å²) in [5, 5.41) is 2.44. The Bertz CT molecular complexity index is 1350. The molecule has 0 atom stereocenters. The molecule has 4 aromatic rings. The predicted molar refractivity (Wildman–Crippen MR) is 112 cm³/mol. The number of halogens is 3. The molecular weight excluding hydrogens is 427 g/mol. The summed E-state index contributed by atoms with van der Waals surface area (Å²) in [5.41, 5.74) is -0.867. The third-order valence-corrected chi connectivity index (χ3v) is 4.97. The van der Waals surface area contributed by atoms with Crippen LogP contribution in [0.4, 0.5) is 13.2 Å². The van der Waals surface area contributed by atoms with Crippen molar-refractivity contribution in [3.8, 4) is 23.1 Å². The van der Waals surface area contributed by atoms with Crippen LogP contribution in [0.3, 0.4) is 0 Å². The van der Waals surface area contributed by atoms with E-state index in [1.807, 2.05) is 6.92 Å². The van der Waals surface area contributed by atoms with Crippen LogP contribution in [0.2, 0.25) is 0 Å². The van der Waals surface area contributed by atoms with Crippen molar-refractivity contribution in [3.63, 3.8) is 0 Å². The Morgan fingerprint density at radius 3 is 1.65 bits per heavy atom.